The standard InChI is InChI=1S/C81H153NO10/c1-3-5-7-9-11-13-15-16-17-39-43-46-49-53-57-61-65-69-77(86)90-70-66-62-58-54-50-47-44-41-38-36-34-32-30-28-26-24-22-20-18-19-21-23-25-27-29-31-33-35-37-40-42-45-48-52-56-60-64-68-76(85)82-73(72-91-81-80(89)79(88)78(87)75(71-83)92-81)74(84)67-63-59-55-51-14-12-10-8-6-4-2/h11,13,16-17,63,67,73-75,78-81,83-84,87-89H,3-10,12,14-15,18-62,64-66,68-72H2,1-2H3,(H,82,85)/b13-11-,17-16-,67-63+. The largest absolute Gasteiger partial charge is 0.466 e. The van der Waals surface area contributed by atoms with Gasteiger partial charge in [-0.25, -0.2) is 0 Å². The highest BCUT2D eigenvalue weighted by atomic mass is 16.7. The monoisotopic (exact) mass is 1300 g/mol. The van der Waals surface area contributed by atoms with Gasteiger partial charge in [0.25, 0.3) is 0 Å². The molecule has 1 amide bonds. The third kappa shape index (κ3) is 58.1. The first-order valence-corrected chi connectivity index (χ1v) is 40.3. The number of nitrogens with one attached hydrogen (secondary N) is 1. The van der Waals surface area contributed by atoms with Gasteiger partial charge in [0.2, 0.25) is 5.91 Å². The molecular formula is C81H153NO10. The van der Waals surface area contributed by atoms with E-state index in [0.29, 0.717) is 19.4 Å². The molecule has 0 radical (unpaired) electrons. The maximum absolute atomic E-state index is 13.0. The highest BCUT2D eigenvalue weighted by molar-refractivity contribution is 5.76. The molecule has 11 nitrogen and oxygen atoms in total. The van der Waals surface area contributed by atoms with Crippen molar-refractivity contribution in [2.24, 2.45) is 0 Å². The summed E-state index contributed by atoms with van der Waals surface area (Å²) in [6, 6.07) is -0.804. The Hall–Kier alpha value is -2.12. The van der Waals surface area contributed by atoms with E-state index in [-0.39, 0.29) is 18.5 Å². The van der Waals surface area contributed by atoms with E-state index in [1.165, 1.54) is 315 Å². The van der Waals surface area contributed by atoms with Crippen molar-refractivity contribution >= 4 is 11.9 Å². The van der Waals surface area contributed by atoms with Gasteiger partial charge in [-0.15, -0.1) is 0 Å². The molecule has 0 aromatic carbocycles. The number of unbranched alkanes of at least 4 members (excludes halogenated alkanes) is 54. The van der Waals surface area contributed by atoms with Crippen molar-refractivity contribution in [3.8, 4) is 0 Å². The fourth-order valence-corrected chi connectivity index (χ4v) is 12.9. The van der Waals surface area contributed by atoms with Crippen molar-refractivity contribution in [2.45, 2.75) is 448 Å². The van der Waals surface area contributed by atoms with Crippen molar-refractivity contribution in [3.63, 3.8) is 0 Å². The van der Waals surface area contributed by atoms with Crippen molar-refractivity contribution in [1.29, 1.82) is 0 Å². The maximum Gasteiger partial charge on any atom is 0.305 e. The van der Waals surface area contributed by atoms with Gasteiger partial charge in [-0.05, 0) is 64.2 Å². The van der Waals surface area contributed by atoms with Crippen LogP contribution in [0.15, 0.2) is 36.5 Å². The third-order valence-electron chi connectivity index (χ3n) is 19.2. The molecule has 11 heteroatoms. The normalized spacial score (nSPS) is 17.7. The van der Waals surface area contributed by atoms with Gasteiger partial charge in [-0.2, -0.15) is 0 Å². The van der Waals surface area contributed by atoms with Crippen LogP contribution in [0.5, 0.6) is 0 Å². The van der Waals surface area contributed by atoms with E-state index in [1.807, 2.05) is 6.08 Å². The van der Waals surface area contributed by atoms with E-state index in [0.717, 1.165) is 64.2 Å². The summed E-state index contributed by atoms with van der Waals surface area (Å²) in [7, 11) is 0. The van der Waals surface area contributed by atoms with Crippen LogP contribution in [-0.2, 0) is 23.8 Å². The van der Waals surface area contributed by atoms with Crippen LogP contribution in [0.3, 0.4) is 0 Å². The van der Waals surface area contributed by atoms with Crippen LogP contribution in [0, 0.1) is 0 Å². The van der Waals surface area contributed by atoms with E-state index >= 15 is 0 Å². The van der Waals surface area contributed by atoms with Crippen LogP contribution in [0.4, 0.5) is 0 Å². The molecule has 1 rings (SSSR count). The number of carbonyl (C=O) groups excluding carboxylic acids is 2. The number of amides is 1. The minimum Gasteiger partial charge on any atom is -0.466 e. The quantitative estimate of drug-likeness (QED) is 0.0195. The molecule has 1 fully saturated rings. The SMILES string of the molecule is CCCCC/C=C\C/C=C\CCCCCCCCCC(=O)OCCCCCCCCCCCCCCCCCCCCCCCCCCCCCCCCCCCCCCCC(=O)NC(COC1OC(CO)C(O)C(O)C1O)C(O)/C=C/CCCCCCCCCC. The van der Waals surface area contributed by atoms with Crippen molar-refractivity contribution in [1.82, 2.24) is 5.32 Å². The van der Waals surface area contributed by atoms with Crippen LogP contribution in [0.25, 0.3) is 0 Å². The molecule has 7 atom stereocenters. The maximum atomic E-state index is 13.0. The zero-order chi connectivity index (χ0) is 66.5. The van der Waals surface area contributed by atoms with Gasteiger partial charge in [0.05, 0.1) is 32.0 Å². The highest BCUT2D eigenvalue weighted by Gasteiger charge is 2.44. The molecule has 0 bridgehead atoms. The Morgan fingerprint density at radius 1 is 0.402 bits per heavy atom. The fraction of sp³-hybridized carbons (Fsp3) is 0.901. The number of hydrogen-bond donors (Lipinski definition) is 6. The number of hydrogen-bond acceptors (Lipinski definition) is 10. The van der Waals surface area contributed by atoms with E-state index < -0.39 is 49.5 Å². The van der Waals surface area contributed by atoms with Crippen LogP contribution in [0.1, 0.15) is 406 Å². The van der Waals surface area contributed by atoms with Gasteiger partial charge in [0.15, 0.2) is 6.29 Å². The molecule has 7 unspecified atom stereocenters. The Bertz CT molecular complexity index is 1620. The number of carbonyl (C=O) groups is 2. The van der Waals surface area contributed by atoms with Gasteiger partial charge in [0.1, 0.15) is 24.4 Å². The van der Waals surface area contributed by atoms with E-state index in [2.05, 4.69) is 43.5 Å². The molecule has 0 aromatic rings. The lowest BCUT2D eigenvalue weighted by atomic mass is 9.99. The van der Waals surface area contributed by atoms with Crippen LogP contribution < -0.4 is 5.32 Å². The number of ether oxygens (including phenoxy) is 3. The molecule has 1 aliphatic rings. The summed E-state index contributed by atoms with van der Waals surface area (Å²) in [5.74, 6) is -0.165. The van der Waals surface area contributed by atoms with Crippen molar-refractivity contribution in [2.75, 3.05) is 19.8 Å². The first-order chi connectivity index (χ1) is 45.2. The molecule has 542 valence electrons. The minimum absolute atomic E-state index is 0.00996. The zero-order valence-electron chi connectivity index (χ0n) is 60.5. The molecule has 0 aromatic heterocycles. The minimum atomic E-state index is -1.57. The van der Waals surface area contributed by atoms with Crippen molar-refractivity contribution in [3.05, 3.63) is 36.5 Å². The number of esters is 1. The Labute approximate surface area is 568 Å². The number of allylic oxidation sites excluding steroid dienone is 5. The second-order valence-electron chi connectivity index (χ2n) is 28.1. The second kappa shape index (κ2) is 70.2. The zero-order valence-corrected chi connectivity index (χ0v) is 60.5. The number of aliphatic hydroxyl groups excluding tert-OH is 5. The predicted molar refractivity (Wildman–Crippen MR) is 389 cm³/mol. The Balaban J connectivity index is 1.84. The molecule has 0 spiro atoms. The topological polar surface area (TPSA) is 175 Å². The second-order valence-corrected chi connectivity index (χ2v) is 28.1. The number of aliphatic hydroxyl groups is 5. The van der Waals surface area contributed by atoms with E-state index in [4.69, 9.17) is 14.2 Å². The van der Waals surface area contributed by atoms with Crippen LogP contribution >= 0.6 is 0 Å². The Kier molecular flexibility index (Phi) is 67.1. The first-order valence-electron chi connectivity index (χ1n) is 40.3. The van der Waals surface area contributed by atoms with E-state index in [9.17, 15) is 35.1 Å². The lowest BCUT2D eigenvalue weighted by Crippen LogP contribution is -2.60. The molecule has 1 saturated heterocycles. The average Bonchev–Trinajstić information content (AvgIpc) is 0.954. The summed E-state index contributed by atoms with van der Waals surface area (Å²) >= 11 is 0. The third-order valence-corrected chi connectivity index (χ3v) is 19.2. The average molecular weight is 1300 g/mol. The molecule has 0 saturated carbocycles. The summed E-state index contributed by atoms with van der Waals surface area (Å²) < 4.78 is 16.8. The molecule has 1 heterocycles. The van der Waals surface area contributed by atoms with Gasteiger partial charge < -0.3 is 45.1 Å². The first kappa shape index (κ1) is 87.9. The lowest BCUT2D eigenvalue weighted by Gasteiger charge is -2.40. The van der Waals surface area contributed by atoms with Gasteiger partial charge >= 0.3 is 5.97 Å². The molecule has 1 aliphatic heterocycles. The van der Waals surface area contributed by atoms with Crippen LogP contribution in [-0.4, -0.2) is 100 Å². The van der Waals surface area contributed by atoms with Gasteiger partial charge in [-0.1, -0.05) is 365 Å². The summed E-state index contributed by atoms with van der Waals surface area (Å²) in [5, 5.41) is 54.4. The Morgan fingerprint density at radius 3 is 1.12 bits per heavy atom. The summed E-state index contributed by atoms with van der Waals surface area (Å²) in [4.78, 5) is 25.2. The lowest BCUT2D eigenvalue weighted by molar-refractivity contribution is -0.302. The Morgan fingerprint density at radius 2 is 0.728 bits per heavy atom. The molecule has 6 N–H and O–H groups in total. The summed E-state index contributed by atoms with van der Waals surface area (Å²) in [6.45, 7) is 4.35. The number of rotatable bonds is 72. The summed E-state index contributed by atoms with van der Waals surface area (Å²) in [6.07, 6.45) is 81.9. The smallest absolute Gasteiger partial charge is 0.305 e. The van der Waals surface area contributed by atoms with Crippen molar-refractivity contribution < 1.29 is 49.3 Å². The van der Waals surface area contributed by atoms with Crippen LogP contribution in [0.2, 0.25) is 0 Å². The molecular weight excluding hydrogens is 1150 g/mol. The molecule has 92 heavy (non-hydrogen) atoms. The van der Waals surface area contributed by atoms with Gasteiger partial charge in [-0.3, -0.25) is 9.59 Å². The van der Waals surface area contributed by atoms with Gasteiger partial charge in [0, 0.05) is 12.8 Å². The summed E-state index contributed by atoms with van der Waals surface area (Å²) in [5.41, 5.74) is 0. The van der Waals surface area contributed by atoms with E-state index in [1.54, 1.807) is 6.08 Å². The fourth-order valence-electron chi connectivity index (χ4n) is 12.9. The molecule has 0 aliphatic carbocycles. The predicted octanol–water partition coefficient (Wildman–Crippen LogP) is 21.7. The highest BCUT2D eigenvalue weighted by Crippen LogP contribution is 2.24.